The quantitative estimate of drug-likeness (QED) is 0.772. The Morgan fingerprint density at radius 2 is 2.16 bits per heavy atom. The Hall–Kier alpha value is -0.300. The van der Waals surface area contributed by atoms with Gasteiger partial charge in [-0.05, 0) is 52.9 Å². The van der Waals surface area contributed by atoms with E-state index in [2.05, 4.69) is 39.9 Å². The zero-order chi connectivity index (χ0) is 14.0. The third-order valence-electron chi connectivity index (χ3n) is 2.89. The summed E-state index contributed by atoms with van der Waals surface area (Å²) in [6.45, 7) is 2.89. The van der Waals surface area contributed by atoms with E-state index in [1.54, 1.807) is 10.9 Å². The van der Waals surface area contributed by atoms with E-state index in [1.165, 1.54) is 0 Å². The molecule has 1 atom stereocenters. The van der Waals surface area contributed by atoms with Crippen molar-refractivity contribution in [3.8, 4) is 0 Å². The zero-order valence-corrected chi connectivity index (χ0v) is 14.3. The number of hydrogen-bond acceptors (Lipinski definition) is 2. The third-order valence-corrected chi connectivity index (χ3v) is 4.40. The molecule has 6 heteroatoms. The minimum Gasteiger partial charge on any atom is -0.305 e. The van der Waals surface area contributed by atoms with Crippen LogP contribution >= 0.6 is 45.8 Å². The fourth-order valence-corrected chi connectivity index (χ4v) is 3.14. The van der Waals surface area contributed by atoms with Crippen molar-refractivity contribution in [1.29, 1.82) is 0 Å². The molecule has 3 nitrogen and oxygen atoms in total. The van der Waals surface area contributed by atoms with Gasteiger partial charge in [-0.3, -0.25) is 4.68 Å². The maximum absolute atomic E-state index is 6.26. The van der Waals surface area contributed by atoms with E-state index in [0.29, 0.717) is 5.02 Å². The second-order valence-corrected chi connectivity index (χ2v) is 6.16. The summed E-state index contributed by atoms with van der Waals surface area (Å²) in [6, 6.07) is 5.85. The Morgan fingerprint density at radius 3 is 2.74 bits per heavy atom. The van der Waals surface area contributed by atoms with Gasteiger partial charge in [-0.1, -0.05) is 30.1 Å². The molecule has 0 aliphatic carbocycles. The van der Waals surface area contributed by atoms with Crippen molar-refractivity contribution in [2.24, 2.45) is 7.05 Å². The summed E-state index contributed by atoms with van der Waals surface area (Å²) in [5, 5.41) is 9.02. The van der Waals surface area contributed by atoms with E-state index in [1.807, 2.05) is 25.2 Å². The molecular weight excluding hydrogens is 396 g/mol. The van der Waals surface area contributed by atoms with Gasteiger partial charge in [-0.2, -0.15) is 5.10 Å². The first kappa shape index (κ1) is 15.1. The molecule has 2 rings (SSSR count). The third kappa shape index (κ3) is 3.24. The lowest BCUT2D eigenvalue weighted by molar-refractivity contribution is 0.571. The summed E-state index contributed by atoms with van der Waals surface area (Å²) in [4.78, 5) is 0. The maximum Gasteiger partial charge on any atom is 0.0837 e. The second-order valence-electron chi connectivity index (χ2n) is 4.16. The van der Waals surface area contributed by atoms with E-state index >= 15 is 0 Å². The standard InChI is InChI=1S/C13H14Cl2IN3/c1-3-17-12(13-10(15)7-18-19(13)2)9-6-8(14)4-5-11(9)16/h4-7,12,17H,3H2,1-2H3. The Labute approximate surface area is 136 Å². The summed E-state index contributed by atoms with van der Waals surface area (Å²) >= 11 is 14.7. The van der Waals surface area contributed by atoms with E-state index in [9.17, 15) is 0 Å². The molecule has 2 aromatic rings. The van der Waals surface area contributed by atoms with Crippen LogP contribution in [0, 0.1) is 3.57 Å². The van der Waals surface area contributed by atoms with E-state index in [-0.39, 0.29) is 6.04 Å². The number of nitrogens with zero attached hydrogens (tertiary/aromatic N) is 2. The van der Waals surface area contributed by atoms with Crippen molar-refractivity contribution >= 4 is 45.8 Å². The van der Waals surface area contributed by atoms with Crippen LogP contribution in [-0.2, 0) is 7.05 Å². The number of benzene rings is 1. The molecule has 0 amide bonds. The predicted molar refractivity (Wildman–Crippen MR) is 87.9 cm³/mol. The lowest BCUT2D eigenvalue weighted by Gasteiger charge is -2.21. The Morgan fingerprint density at radius 1 is 1.42 bits per heavy atom. The Bertz CT molecular complexity index is 564. The largest absolute Gasteiger partial charge is 0.305 e. The van der Waals surface area contributed by atoms with Crippen molar-refractivity contribution in [1.82, 2.24) is 15.1 Å². The molecule has 1 heterocycles. The van der Waals surface area contributed by atoms with E-state index < -0.39 is 0 Å². The summed E-state index contributed by atoms with van der Waals surface area (Å²) in [5.74, 6) is 0. The first-order valence-electron chi connectivity index (χ1n) is 5.90. The van der Waals surface area contributed by atoms with Crippen molar-refractivity contribution in [2.75, 3.05) is 6.54 Å². The highest BCUT2D eigenvalue weighted by Crippen LogP contribution is 2.32. The van der Waals surface area contributed by atoms with Crippen LogP contribution in [0.4, 0.5) is 0 Å². The molecule has 0 radical (unpaired) electrons. The molecular formula is C13H14Cl2IN3. The molecule has 1 aromatic carbocycles. The lowest BCUT2D eigenvalue weighted by atomic mass is 10.0. The van der Waals surface area contributed by atoms with Crippen LogP contribution < -0.4 is 5.32 Å². The first-order chi connectivity index (χ1) is 9.04. The molecule has 0 saturated carbocycles. The van der Waals surface area contributed by atoms with Crippen LogP contribution in [0.25, 0.3) is 0 Å². The maximum atomic E-state index is 6.26. The number of hydrogen-bond donors (Lipinski definition) is 1. The number of aryl methyl sites for hydroxylation is 1. The van der Waals surface area contributed by atoms with Crippen LogP contribution in [-0.4, -0.2) is 16.3 Å². The lowest BCUT2D eigenvalue weighted by Crippen LogP contribution is -2.25. The predicted octanol–water partition coefficient (Wildman–Crippen LogP) is 4.03. The van der Waals surface area contributed by atoms with Gasteiger partial charge in [-0.15, -0.1) is 0 Å². The Kier molecular flexibility index (Phi) is 5.11. The molecule has 0 fully saturated rings. The van der Waals surface area contributed by atoms with Gasteiger partial charge in [0.15, 0.2) is 0 Å². The highest BCUT2D eigenvalue weighted by molar-refractivity contribution is 14.1. The average Bonchev–Trinajstić information content (AvgIpc) is 2.70. The van der Waals surface area contributed by atoms with Crippen molar-refractivity contribution in [3.63, 3.8) is 0 Å². The van der Waals surface area contributed by atoms with Gasteiger partial charge in [0.1, 0.15) is 0 Å². The molecule has 0 aliphatic heterocycles. The molecule has 1 aromatic heterocycles. The molecule has 0 aliphatic rings. The molecule has 0 bridgehead atoms. The van der Waals surface area contributed by atoms with Gasteiger partial charge in [0.25, 0.3) is 0 Å². The number of nitrogens with one attached hydrogen (secondary N) is 1. The van der Waals surface area contributed by atoms with Crippen molar-refractivity contribution in [3.05, 3.63) is 49.3 Å². The van der Waals surface area contributed by atoms with Crippen molar-refractivity contribution in [2.45, 2.75) is 13.0 Å². The van der Waals surface area contributed by atoms with Crippen LogP contribution in [0.2, 0.25) is 10.0 Å². The monoisotopic (exact) mass is 409 g/mol. The van der Waals surface area contributed by atoms with Gasteiger partial charge in [0, 0.05) is 15.6 Å². The van der Waals surface area contributed by atoms with E-state index in [4.69, 9.17) is 23.2 Å². The average molecular weight is 410 g/mol. The van der Waals surface area contributed by atoms with Crippen LogP contribution in [0.3, 0.4) is 0 Å². The highest BCUT2D eigenvalue weighted by atomic mass is 127. The van der Waals surface area contributed by atoms with Gasteiger partial charge in [0.05, 0.1) is 23.0 Å². The summed E-state index contributed by atoms with van der Waals surface area (Å²) in [5.41, 5.74) is 2.06. The smallest absolute Gasteiger partial charge is 0.0837 e. The normalized spacial score (nSPS) is 12.7. The molecule has 1 unspecified atom stereocenters. The molecule has 0 saturated heterocycles. The molecule has 19 heavy (non-hydrogen) atoms. The number of aromatic nitrogens is 2. The molecule has 0 spiro atoms. The SMILES string of the molecule is CCNC(c1cc(Cl)ccc1I)c1c(Cl)cnn1C. The number of rotatable bonds is 4. The fourth-order valence-electron chi connectivity index (χ4n) is 2.04. The van der Waals surface area contributed by atoms with Gasteiger partial charge >= 0.3 is 0 Å². The summed E-state index contributed by atoms with van der Waals surface area (Å²) in [7, 11) is 1.89. The van der Waals surface area contributed by atoms with Gasteiger partial charge in [0.2, 0.25) is 0 Å². The van der Waals surface area contributed by atoms with Crippen LogP contribution in [0.1, 0.15) is 24.2 Å². The second kappa shape index (κ2) is 6.43. The molecule has 1 N–H and O–H groups in total. The van der Waals surface area contributed by atoms with Crippen LogP contribution in [0.5, 0.6) is 0 Å². The summed E-state index contributed by atoms with van der Waals surface area (Å²) < 4.78 is 2.94. The van der Waals surface area contributed by atoms with Gasteiger partial charge in [-0.25, -0.2) is 0 Å². The summed E-state index contributed by atoms with van der Waals surface area (Å²) in [6.07, 6.45) is 1.67. The number of halogens is 3. The minimum atomic E-state index is -0.0180. The fraction of sp³-hybridized carbons (Fsp3) is 0.308. The van der Waals surface area contributed by atoms with Crippen molar-refractivity contribution < 1.29 is 0 Å². The van der Waals surface area contributed by atoms with E-state index in [0.717, 1.165) is 26.4 Å². The first-order valence-corrected chi connectivity index (χ1v) is 7.73. The van der Waals surface area contributed by atoms with Crippen LogP contribution in [0.15, 0.2) is 24.4 Å². The molecule has 102 valence electrons. The minimum absolute atomic E-state index is 0.0180. The highest BCUT2D eigenvalue weighted by Gasteiger charge is 2.22. The topological polar surface area (TPSA) is 29.9 Å². The zero-order valence-electron chi connectivity index (χ0n) is 10.6. The Balaban J connectivity index is 2.54. The van der Waals surface area contributed by atoms with Gasteiger partial charge < -0.3 is 5.32 Å².